The second-order valence-electron chi connectivity index (χ2n) is 4.55. The number of amides is 1. The molecule has 0 aromatic heterocycles. The minimum absolute atomic E-state index is 0.0759. The predicted octanol–water partition coefficient (Wildman–Crippen LogP) is 0.0331. The van der Waals surface area contributed by atoms with Crippen molar-refractivity contribution in [3.63, 3.8) is 0 Å². The Bertz CT molecular complexity index is 609. The average molecular weight is 299 g/mol. The summed E-state index contributed by atoms with van der Waals surface area (Å²) in [6.07, 6.45) is 1.69. The van der Waals surface area contributed by atoms with Crippen molar-refractivity contribution in [1.82, 2.24) is 5.32 Å². The summed E-state index contributed by atoms with van der Waals surface area (Å²) in [6, 6.07) is 3.81. The second kappa shape index (κ2) is 5.78. The number of nitrogens with two attached hydrogens (primary N) is 1. The van der Waals surface area contributed by atoms with Crippen molar-refractivity contribution in [1.29, 1.82) is 0 Å². The summed E-state index contributed by atoms with van der Waals surface area (Å²) in [5.74, 6) is 0.163. The number of carbonyl (C=O) groups excluding carboxylic acids is 1. The molecular weight excluding hydrogens is 282 g/mol. The molecule has 20 heavy (non-hydrogen) atoms. The van der Waals surface area contributed by atoms with Crippen LogP contribution in [0.5, 0.6) is 5.75 Å². The standard InChI is InChI=1S/C12H17N3O4S/c1-19-11-5-4-8(20(13,17)18)7-10(11)15-12(16)9-3-2-6-14-9/h4-5,7,9,14H,2-3,6H2,1H3,(H,15,16)(H2,13,17,18)/t9-/m0/s1. The quantitative estimate of drug-likeness (QED) is 0.726. The fourth-order valence-electron chi connectivity index (χ4n) is 2.09. The van der Waals surface area contributed by atoms with Crippen LogP contribution in [-0.4, -0.2) is 34.0 Å². The Morgan fingerprint density at radius 2 is 2.25 bits per heavy atom. The minimum atomic E-state index is -3.83. The first-order chi connectivity index (χ1) is 9.41. The van der Waals surface area contributed by atoms with Gasteiger partial charge in [-0.1, -0.05) is 0 Å². The molecule has 1 aromatic rings. The van der Waals surface area contributed by atoms with E-state index in [-0.39, 0.29) is 22.5 Å². The Morgan fingerprint density at radius 1 is 1.50 bits per heavy atom. The third-order valence-electron chi connectivity index (χ3n) is 3.13. The van der Waals surface area contributed by atoms with Gasteiger partial charge in [-0.05, 0) is 37.6 Å². The molecule has 0 aliphatic carbocycles. The number of hydrogen-bond acceptors (Lipinski definition) is 5. The van der Waals surface area contributed by atoms with Crippen LogP contribution in [0, 0.1) is 0 Å². The van der Waals surface area contributed by atoms with Crippen LogP contribution in [0.4, 0.5) is 5.69 Å². The number of carbonyl (C=O) groups is 1. The first-order valence-electron chi connectivity index (χ1n) is 6.17. The van der Waals surface area contributed by atoms with Crippen LogP contribution in [0.15, 0.2) is 23.1 Å². The molecular formula is C12H17N3O4S. The van der Waals surface area contributed by atoms with Gasteiger partial charge in [0.2, 0.25) is 15.9 Å². The normalized spacial score (nSPS) is 18.8. The van der Waals surface area contributed by atoms with Crippen molar-refractivity contribution in [2.24, 2.45) is 5.14 Å². The van der Waals surface area contributed by atoms with Crippen LogP contribution < -0.4 is 20.5 Å². The number of primary sulfonamides is 1. The van der Waals surface area contributed by atoms with Crippen LogP contribution in [0.25, 0.3) is 0 Å². The molecule has 1 aliphatic rings. The summed E-state index contributed by atoms with van der Waals surface area (Å²) in [6.45, 7) is 0.798. The molecule has 1 heterocycles. The molecule has 0 unspecified atom stereocenters. The Morgan fingerprint density at radius 3 is 2.80 bits per heavy atom. The lowest BCUT2D eigenvalue weighted by molar-refractivity contribution is -0.117. The van der Waals surface area contributed by atoms with Crippen molar-refractivity contribution in [3.05, 3.63) is 18.2 Å². The van der Waals surface area contributed by atoms with E-state index in [0.717, 1.165) is 19.4 Å². The van der Waals surface area contributed by atoms with E-state index in [9.17, 15) is 13.2 Å². The van der Waals surface area contributed by atoms with E-state index < -0.39 is 10.0 Å². The van der Waals surface area contributed by atoms with E-state index in [0.29, 0.717) is 5.75 Å². The highest BCUT2D eigenvalue weighted by Gasteiger charge is 2.23. The molecule has 0 saturated carbocycles. The highest BCUT2D eigenvalue weighted by atomic mass is 32.2. The molecule has 1 atom stereocenters. The number of ether oxygens (including phenoxy) is 1. The Kier molecular flexibility index (Phi) is 4.26. The summed E-state index contributed by atoms with van der Waals surface area (Å²) in [5.41, 5.74) is 0.290. The number of nitrogens with one attached hydrogen (secondary N) is 2. The van der Waals surface area contributed by atoms with E-state index in [1.807, 2.05) is 0 Å². The van der Waals surface area contributed by atoms with Gasteiger partial charge >= 0.3 is 0 Å². The van der Waals surface area contributed by atoms with E-state index in [1.54, 1.807) is 0 Å². The third kappa shape index (κ3) is 3.27. The van der Waals surface area contributed by atoms with Crippen LogP contribution in [0.2, 0.25) is 0 Å². The molecule has 1 aliphatic heterocycles. The SMILES string of the molecule is COc1ccc(S(N)(=O)=O)cc1NC(=O)[C@@H]1CCCN1. The molecule has 1 saturated heterocycles. The lowest BCUT2D eigenvalue weighted by Gasteiger charge is -2.14. The van der Waals surface area contributed by atoms with Gasteiger partial charge in [0, 0.05) is 0 Å². The molecule has 1 amide bonds. The first-order valence-corrected chi connectivity index (χ1v) is 7.71. The van der Waals surface area contributed by atoms with Gasteiger partial charge in [-0.25, -0.2) is 13.6 Å². The van der Waals surface area contributed by atoms with Crippen molar-refractivity contribution >= 4 is 21.6 Å². The summed E-state index contributed by atoms with van der Waals surface area (Å²) in [4.78, 5) is 12.0. The van der Waals surface area contributed by atoms with Crippen molar-refractivity contribution < 1.29 is 17.9 Å². The highest BCUT2D eigenvalue weighted by molar-refractivity contribution is 7.89. The molecule has 2 rings (SSSR count). The lowest BCUT2D eigenvalue weighted by atomic mass is 10.2. The maximum atomic E-state index is 12.0. The molecule has 7 nitrogen and oxygen atoms in total. The average Bonchev–Trinajstić information content (AvgIpc) is 2.91. The molecule has 0 radical (unpaired) electrons. The number of benzene rings is 1. The lowest BCUT2D eigenvalue weighted by Crippen LogP contribution is -2.35. The van der Waals surface area contributed by atoms with Crippen molar-refractivity contribution in [2.75, 3.05) is 19.0 Å². The summed E-state index contributed by atoms with van der Waals surface area (Å²) < 4.78 is 27.8. The Balaban J connectivity index is 2.26. The molecule has 110 valence electrons. The zero-order valence-corrected chi connectivity index (χ0v) is 11.9. The predicted molar refractivity (Wildman–Crippen MR) is 74.0 cm³/mol. The Hall–Kier alpha value is -1.64. The monoisotopic (exact) mass is 299 g/mol. The maximum absolute atomic E-state index is 12.0. The Labute approximate surface area is 117 Å². The van der Waals surface area contributed by atoms with Gasteiger partial charge in [-0.15, -0.1) is 0 Å². The zero-order valence-electron chi connectivity index (χ0n) is 11.0. The summed E-state index contributed by atoms with van der Waals surface area (Å²) in [5, 5.41) is 10.8. The largest absolute Gasteiger partial charge is 0.495 e. The fourth-order valence-corrected chi connectivity index (χ4v) is 2.63. The van der Waals surface area contributed by atoms with Crippen LogP contribution in [-0.2, 0) is 14.8 Å². The minimum Gasteiger partial charge on any atom is -0.495 e. The molecule has 1 fully saturated rings. The van der Waals surface area contributed by atoms with E-state index in [1.165, 1.54) is 25.3 Å². The second-order valence-corrected chi connectivity index (χ2v) is 6.11. The fraction of sp³-hybridized carbons (Fsp3) is 0.417. The van der Waals surface area contributed by atoms with E-state index in [4.69, 9.17) is 9.88 Å². The van der Waals surface area contributed by atoms with Gasteiger partial charge < -0.3 is 15.4 Å². The van der Waals surface area contributed by atoms with Crippen LogP contribution in [0.3, 0.4) is 0 Å². The molecule has 8 heteroatoms. The van der Waals surface area contributed by atoms with Gasteiger partial charge in [0.15, 0.2) is 0 Å². The number of anilines is 1. The maximum Gasteiger partial charge on any atom is 0.241 e. The smallest absolute Gasteiger partial charge is 0.241 e. The van der Waals surface area contributed by atoms with Gasteiger partial charge in [-0.2, -0.15) is 0 Å². The van der Waals surface area contributed by atoms with E-state index in [2.05, 4.69) is 10.6 Å². The van der Waals surface area contributed by atoms with Gasteiger partial charge in [-0.3, -0.25) is 4.79 Å². The number of sulfonamides is 1. The number of hydrogen-bond donors (Lipinski definition) is 3. The summed E-state index contributed by atoms with van der Waals surface area (Å²) >= 11 is 0. The summed E-state index contributed by atoms with van der Waals surface area (Å²) in [7, 11) is -2.39. The van der Waals surface area contributed by atoms with Crippen molar-refractivity contribution in [3.8, 4) is 5.75 Å². The van der Waals surface area contributed by atoms with Gasteiger partial charge in [0.05, 0.1) is 23.7 Å². The number of rotatable bonds is 4. The van der Waals surface area contributed by atoms with Crippen molar-refractivity contribution in [2.45, 2.75) is 23.8 Å². The van der Waals surface area contributed by atoms with Crippen LogP contribution >= 0.6 is 0 Å². The van der Waals surface area contributed by atoms with Gasteiger partial charge in [0.1, 0.15) is 5.75 Å². The number of methoxy groups -OCH3 is 1. The zero-order chi connectivity index (χ0) is 14.8. The van der Waals surface area contributed by atoms with Gasteiger partial charge in [0.25, 0.3) is 0 Å². The third-order valence-corrected chi connectivity index (χ3v) is 4.05. The first kappa shape index (κ1) is 14.8. The molecule has 0 spiro atoms. The topological polar surface area (TPSA) is 111 Å². The molecule has 4 N–H and O–H groups in total. The van der Waals surface area contributed by atoms with Crippen LogP contribution in [0.1, 0.15) is 12.8 Å². The van der Waals surface area contributed by atoms with E-state index >= 15 is 0 Å². The highest BCUT2D eigenvalue weighted by Crippen LogP contribution is 2.27. The molecule has 1 aromatic carbocycles. The molecule has 0 bridgehead atoms.